The summed E-state index contributed by atoms with van der Waals surface area (Å²) < 4.78 is 9.00. The molecule has 1 N–H and O–H groups in total. The van der Waals surface area contributed by atoms with E-state index >= 15 is 0 Å². The summed E-state index contributed by atoms with van der Waals surface area (Å²) in [5.41, 5.74) is 3.73. The molecule has 1 atom stereocenters. The Labute approximate surface area is 149 Å². The Bertz CT molecular complexity index is 637. The summed E-state index contributed by atoms with van der Waals surface area (Å²) in [4.78, 5) is 0. The second kappa shape index (κ2) is 6.82. The van der Waals surface area contributed by atoms with E-state index < -0.39 is 0 Å². The van der Waals surface area contributed by atoms with Gasteiger partial charge < -0.3 is 10.1 Å². The lowest BCUT2D eigenvalue weighted by Crippen LogP contribution is -2.22. The molecule has 0 radical (unpaired) electrons. The van der Waals surface area contributed by atoms with Crippen molar-refractivity contribution in [3.05, 3.63) is 60.9 Å². The van der Waals surface area contributed by atoms with Crippen molar-refractivity contribution in [1.82, 2.24) is 0 Å². The molecule has 1 unspecified atom stereocenters. The zero-order valence-corrected chi connectivity index (χ0v) is 16.0. The minimum atomic E-state index is 0.0948. The second-order valence-electron chi connectivity index (χ2n) is 4.93. The lowest BCUT2D eigenvalue weighted by Gasteiger charge is -2.27. The standard InChI is InChI=1S/C16H14Br3NO/c17-11-7-13(18)16(14(19)8-11)20-9-15-12-4-2-1-3-10(12)5-6-21-15/h1-4,7-8,15,20H,5-6,9H2. The molecule has 0 fully saturated rings. The van der Waals surface area contributed by atoms with E-state index in [1.807, 2.05) is 12.1 Å². The fourth-order valence-corrected chi connectivity index (χ4v) is 5.09. The number of fused-ring (bicyclic) bond motifs is 1. The van der Waals surface area contributed by atoms with Crippen molar-refractivity contribution in [2.75, 3.05) is 18.5 Å². The first-order chi connectivity index (χ1) is 10.1. The van der Waals surface area contributed by atoms with Crippen molar-refractivity contribution in [2.24, 2.45) is 0 Å². The Balaban J connectivity index is 1.78. The second-order valence-corrected chi connectivity index (χ2v) is 7.56. The zero-order chi connectivity index (χ0) is 14.8. The normalized spacial score (nSPS) is 17.4. The molecule has 0 aliphatic carbocycles. The van der Waals surface area contributed by atoms with Crippen LogP contribution in [0.3, 0.4) is 0 Å². The number of anilines is 1. The Kier molecular flexibility index (Phi) is 5.04. The van der Waals surface area contributed by atoms with Crippen LogP contribution in [-0.2, 0) is 11.2 Å². The van der Waals surface area contributed by atoms with Crippen molar-refractivity contribution in [2.45, 2.75) is 12.5 Å². The van der Waals surface area contributed by atoms with Crippen LogP contribution in [0.25, 0.3) is 0 Å². The van der Waals surface area contributed by atoms with Crippen molar-refractivity contribution >= 4 is 53.5 Å². The topological polar surface area (TPSA) is 21.3 Å². The summed E-state index contributed by atoms with van der Waals surface area (Å²) >= 11 is 10.7. The zero-order valence-electron chi connectivity index (χ0n) is 11.2. The number of hydrogen-bond donors (Lipinski definition) is 1. The van der Waals surface area contributed by atoms with Crippen molar-refractivity contribution in [3.63, 3.8) is 0 Å². The average Bonchev–Trinajstić information content (AvgIpc) is 2.46. The van der Waals surface area contributed by atoms with Crippen LogP contribution in [0, 0.1) is 0 Å². The van der Waals surface area contributed by atoms with Gasteiger partial charge >= 0.3 is 0 Å². The van der Waals surface area contributed by atoms with Gasteiger partial charge in [0, 0.05) is 20.0 Å². The van der Waals surface area contributed by atoms with Gasteiger partial charge in [-0.1, -0.05) is 40.2 Å². The first kappa shape index (κ1) is 15.5. The molecule has 2 nitrogen and oxygen atoms in total. The number of benzene rings is 2. The van der Waals surface area contributed by atoms with Crippen LogP contribution < -0.4 is 5.32 Å². The molecule has 1 aliphatic rings. The van der Waals surface area contributed by atoms with Gasteiger partial charge in [0.25, 0.3) is 0 Å². The average molecular weight is 476 g/mol. The molecule has 0 amide bonds. The molecule has 0 saturated carbocycles. The highest BCUT2D eigenvalue weighted by Gasteiger charge is 2.20. The first-order valence-electron chi connectivity index (χ1n) is 6.73. The highest BCUT2D eigenvalue weighted by Crippen LogP contribution is 2.35. The van der Waals surface area contributed by atoms with Crippen LogP contribution in [0.1, 0.15) is 17.2 Å². The molecule has 5 heteroatoms. The third-order valence-corrected chi connectivity index (χ3v) is 5.27. The molecular formula is C16H14Br3NO. The SMILES string of the molecule is Brc1cc(Br)c(NCC2OCCc3ccccc32)c(Br)c1. The predicted octanol–water partition coefficient (Wildman–Crippen LogP) is 5.70. The monoisotopic (exact) mass is 473 g/mol. The van der Waals surface area contributed by atoms with Crippen LogP contribution >= 0.6 is 47.8 Å². The molecule has 0 saturated heterocycles. The summed E-state index contributed by atoms with van der Waals surface area (Å²) in [6.07, 6.45) is 1.09. The van der Waals surface area contributed by atoms with E-state index in [0.29, 0.717) is 0 Å². The van der Waals surface area contributed by atoms with Gasteiger partial charge in [0.05, 0.1) is 18.4 Å². The van der Waals surface area contributed by atoms with Gasteiger partial charge in [-0.3, -0.25) is 0 Å². The summed E-state index contributed by atoms with van der Waals surface area (Å²) in [6, 6.07) is 12.6. The number of hydrogen-bond acceptors (Lipinski definition) is 2. The lowest BCUT2D eigenvalue weighted by molar-refractivity contribution is 0.0513. The minimum absolute atomic E-state index is 0.0948. The van der Waals surface area contributed by atoms with Gasteiger partial charge in [-0.2, -0.15) is 0 Å². The van der Waals surface area contributed by atoms with Crippen molar-refractivity contribution in [3.8, 4) is 0 Å². The molecule has 2 aromatic rings. The number of halogens is 3. The molecule has 21 heavy (non-hydrogen) atoms. The molecule has 2 aromatic carbocycles. The smallest absolute Gasteiger partial charge is 0.0999 e. The molecule has 1 aliphatic heterocycles. The van der Waals surface area contributed by atoms with Gasteiger partial charge in [0.1, 0.15) is 0 Å². The van der Waals surface area contributed by atoms with E-state index in [2.05, 4.69) is 77.4 Å². The Morgan fingerprint density at radius 2 is 1.81 bits per heavy atom. The molecule has 110 valence electrons. The Morgan fingerprint density at radius 1 is 1.10 bits per heavy atom. The molecule has 0 spiro atoms. The van der Waals surface area contributed by atoms with Crippen LogP contribution in [0.2, 0.25) is 0 Å². The summed E-state index contributed by atoms with van der Waals surface area (Å²) in [6.45, 7) is 1.53. The highest BCUT2D eigenvalue weighted by atomic mass is 79.9. The van der Waals surface area contributed by atoms with Gasteiger partial charge in [-0.15, -0.1) is 0 Å². The Hall–Kier alpha value is -0.360. The van der Waals surface area contributed by atoms with Gasteiger partial charge in [-0.25, -0.2) is 0 Å². The molecule has 1 heterocycles. The van der Waals surface area contributed by atoms with E-state index in [4.69, 9.17) is 4.74 Å². The molecular weight excluding hydrogens is 462 g/mol. The van der Waals surface area contributed by atoms with Crippen LogP contribution in [0.4, 0.5) is 5.69 Å². The first-order valence-corrected chi connectivity index (χ1v) is 9.11. The quantitative estimate of drug-likeness (QED) is 0.614. The fourth-order valence-electron chi connectivity index (χ4n) is 2.55. The molecule has 3 rings (SSSR count). The predicted molar refractivity (Wildman–Crippen MR) is 96.9 cm³/mol. The minimum Gasteiger partial charge on any atom is -0.380 e. The van der Waals surface area contributed by atoms with Crippen LogP contribution in [0.15, 0.2) is 49.8 Å². The van der Waals surface area contributed by atoms with E-state index in [9.17, 15) is 0 Å². The van der Waals surface area contributed by atoms with E-state index in [1.54, 1.807) is 0 Å². The maximum atomic E-state index is 5.93. The number of nitrogens with one attached hydrogen (secondary N) is 1. The van der Waals surface area contributed by atoms with E-state index in [1.165, 1.54) is 11.1 Å². The maximum Gasteiger partial charge on any atom is 0.0999 e. The van der Waals surface area contributed by atoms with E-state index in [0.717, 1.165) is 38.7 Å². The summed E-state index contributed by atoms with van der Waals surface area (Å²) in [7, 11) is 0. The molecule has 0 aromatic heterocycles. The summed E-state index contributed by atoms with van der Waals surface area (Å²) in [5.74, 6) is 0. The third kappa shape index (κ3) is 3.52. The van der Waals surface area contributed by atoms with Gasteiger partial charge in [0.15, 0.2) is 0 Å². The van der Waals surface area contributed by atoms with E-state index in [-0.39, 0.29) is 6.10 Å². The Morgan fingerprint density at radius 3 is 2.57 bits per heavy atom. The van der Waals surface area contributed by atoms with Crippen LogP contribution in [-0.4, -0.2) is 13.2 Å². The van der Waals surface area contributed by atoms with Crippen molar-refractivity contribution in [1.29, 1.82) is 0 Å². The summed E-state index contributed by atoms with van der Waals surface area (Å²) in [5, 5.41) is 3.48. The highest BCUT2D eigenvalue weighted by molar-refractivity contribution is 9.11. The molecule has 0 bridgehead atoms. The van der Waals surface area contributed by atoms with Crippen molar-refractivity contribution < 1.29 is 4.74 Å². The van der Waals surface area contributed by atoms with Crippen LogP contribution in [0.5, 0.6) is 0 Å². The third-order valence-electron chi connectivity index (χ3n) is 3.56. The maximum absolute atomic E-state index is 5.93. The lowest BCUT2D eigenvalue weighted by atomic mass is 9.97. The number of ether oxygens (including phenoxy) is 1. The van der Waals surface area contributed by atoms with Gasteiger partial charge in [0.2, 0.25) is 0 Å². The fraction of sp³-hybridized carbons (Fsp3) is 0.250. The number of rotatable bonds is 3. The van der Waals surface area contributed by atoms with Gasteiger partial charge in [-0.05, 0) is 61.5 Å². The largest absolute Gasteiger partial charge is 0.380 e.